The van der Waals surface area contributed by atoms with E-state index < -0.39 is 5.54 Å². The second kappa shape index (κ2) is 7.57. The van der Waals surface area contributed by atoms with E-state index in [1.54, 1.807) is 12.2 Å². The van der Waals surface area contributed by atoms with Gasteiger partial charge in [-0.25, -0.2) is 0 Å². The second-order valence-electron chi connectivity index (χ2n) is 6.30. The first-order valence-electron chi connectivity index (χ1n) is 8.51. The number of allylic oxidation sites excluding steroid dienone is 2. The van der Waals surface area contributed by atoms with Gasteiger partial charge in [-0.15, -0.1) is 0 Å². The topological polar surface area (TPSA) is 32.7 Å². The Labute approximate surface area is 134 Å². The van der Waals surface area contributed by atoms with Crippen molar-refractivity contribution >= 4 is 11.7 Å². The van der Waals surface area contributed by atoms with Crippen LogP contribution < -0.4 is 0 Å². The van der Waals surface area contributed by atoms with Crippen LogP contribution >= 0.6 is 0 Å². The molecule has 1 heterocycles. The van der Waals surface area contributed by atoms with Gasteiger partial charge < -0.3 is 0 Å². The lowest BCUT2D eigenvalue weighted by molar-refractivity contribution is -0.132. The summed E-state index contributed by atoms with van der Waals surface area (Å²) >= 11 is 0. The standard InChI is InChI=1S/C19H28N2O/c1-4-7-12-17-20-19(13-9-8-10-14-19)18(22)21(17)15-16(6-3)11-5-2/h5-6,11H,2-4,7-10,12-15H2,1H3/b16-11+. The van der Waals surface area contributed by atoms with E-state index >= 15 is 0 Å². The fourth-order valence-electron chi connectivity index (χ4n) is 3.39. The van der Waals surface area contributed by atoms with E-state index in [1.807, 2.05) is 11.0 Å². The van der Waals surface area contributed by atoms with E-state index in [1.165, 1.54) is 6.42 Å². The molecule has 1 amide bonds. The van der Waals surface area contributed by atoms with Gasteiger partial charge >= 0.3 is 0 Å². The van der Waals surface area contributed by atoms with Crippen molar-refractivity contribution in [2.24, 2.45) is 4.99 Å². The van der Waals surface area contributed by atoms with Crippen molar-refractivity contribution in [1.82, 2.24) is 4.90 Å². The number of aliphatic imine (C=N–C) groups is 1. The molecule has 0 radical (unpaired) electrons. The Hall–Kier alpha value is -1.64. The lowest BCUT2D eigenvalue weighted by Crippen LogP contribution is -2.44. The van der Waals surface area contributed by atoms with Crippen molar-refractivity contribution < 1.29 is 4.79 Å². The van der Waals surface area contributed by atoms with Gasteiger partial charge in [-0.2, -0.15) is 0 Å². The Bertz CT molecular complexity index is 496. The number of hydrogen-bond acceptors (Lipinski definition) is 2. The first kappa shape index (κ1) is 16.7. The molecule has 0 atom stereocenters. The van der Waals surface area contributed by atoms with Gasteiger partial charge in [-0.05, 0) is 24.8 Å². The minimum Gasteiger partial charge on any atom is -0.294 e. The fourth-order valence-corrected chi connectivity index (χ4v) is 3.39. The molecule has 0 N–H and O–H groups in total. The molecule has 0 bridgehead atoms. The molecule has 1 spiro atoms. The predicted octanol–water partition coefficient (Wildman–Crippen LogP) is 4.42. The highest BCUT2D eigenvalue weighted by Crippen LogP contribution is 2.38. The molecule has 1 aliphatic heterocycles. The third-order valence-electron chi connectivity index (χ3n) is 4.67. The van der Waals surface area contributed by atoms with Crippen LogP contribution in [-0.4, -0.2) is 28.7 Å². The van der Waals surface area contributed by atoms with Crippen molar-refractivity contribution in [2.45, 2.75) is 63.8 Å². The normalized spacial score (nSPS) is 21.1. The van der Waals surface area contributed by atoms with Gasteiger partial charge in [0.25, 0.3) is 5.91 Å². The molecule has 3 nitrogen and oxygen atoms in total. The van der Waals surface area contributed by atoms with Crippen LogP contribution in [0.2, 0.25) is 0 Å². The maximum atomic E-state index is 13.0. The third kappa shape index (κ3) is 3.40. The summed E-state index contributed by atoms with van der Waals surface area (Å²) in [6.07, 6.45) is 13.8. The highest BCUT2D eigenvalue weighted by atomic mass is 16.2. The maximum Gasteiger partial charge on any atom is 0.256 e. The van der Waals surface area contributed by atoms with Crippen LogP contribution in [0.25, 0.3) is 0 Å². The lowest BCUT2D eigenvalue weighted by atomic mass is 9.82. The SMILES string of the molecule is C=C/C=C(\C=C)CN1C(=O)C2(CCCCC2)N=C1CCCC. The summed E-state index contributed by atoms with van der Waals surface area (Å²) in [5.74, 6) is 1.18. The van der Waals surface area contributed by atoms with Crippen molar-refractivity contribution in [3.8, 4) is 0 Å². The molecule has 3 heteroatoms. The zero-order valence-electron chi connectivity index (χ0n) is 13.8. The number of unbranched alkanes of at least 4 members (excludes halogenated alkanes) is 1. The molecule has 22 heavy (non-hydrogen) atoms. The largest absolute Gasteiger partial charge is 0.294 e. The van der Waals surface area contributed by atoms with E-state index in [2.05, 4.69) is 20.1 Å². The Kier molecular flexibility index (Phi) is 5.76. The van der Waals surface area contributed by atoms with Gasteiger partial charge in [-0.3, -0.25) is 14.7 Å². The van der Waals surface area contributed by atoms with Gasteiger partial charge in [0.1, 0.15) is 11.4 Å². The van der Waals surface area contributed by atoms with Gasteiger partial charge in [0, 0.05) is 6.42 Å². The molecular weight excluding hydrogens is 272 g/mol. The van der Waals surface area contributed by atoms with Crippen molar-refractivity contribution in [3.05, 3.63) is 37.0 Å². The number of rotatable bonds is 7. The predicted molar refractivity (Wildman–Crippen MR) is 93.0 cm³/mol. The highest BCUT2D eigenvalue weighted by molar-refractivity contribution is 6.08. The number of amides is 1. The maximum absolute atomic E-state index is 13.0. The van der Waals surface area contributed by atoms with E-state index in [4.69, 9.17) is 4.99 Å². The number of hydrogen-bond donors (Lipinski definition) is 0. The van der Waals surface area contributed by atoms with Crippen LogP contribution in [0.1, 0.15) is 58.3 Å². The Morgan fingerprint density at radius 1 is 1.32 bits per heavy atom. The van der Waals surface area contributed by atoms with Gasteiger partial charge in [0.15, 0.2) is 0 Å². The molecule has 1 saturated carbocycles. The van der Waals surface area contributed by atoms with Gasteiger partial charge in [0.2, 0.25) is 0 Å². The smallest absolute Gasteiger partial charge is 0.256 e. The molecule has 0 aromatic rings. The van der Waals surface area contributed by atoms with Crippen LogP contribution in [0, 0.1) is 0 Å². The lowest BCUT2D eigenvalue weighted by Gasteiger charge is -2.29. The molecule has 2 rings (SSSR count). The Morgan fingerprint density at radius 3 is 2.64 bits per heavy atom. The number of nitrogens with zero attached hydrogens (tertiary/aromatic N) is 2. The van der Waals surface area contributed by atoms with Crippen LogP contribution in [0.5, 0.6) is 0 Å². The summed E-state index contributed by atoms with van der Waals surface area (Å²) in [5, 5.41) is 0. The van der Waals surface area contributed by atoms with Crippen LogP contribution in [0.4, 0.5) is 0 Å². The first-order chi connectivity index (χ1) is 10.7. The molecule has 0 unspecified atom stereocenters. The summed E-state index contributed by atoms with van der Waals surface area (Å²) in [6, 6.07) is 0. The average Bonchev–Trinajstić information content (AvgIpc) is 2.78. The van der Waals surface area contributed by atoms with Crippen molar-refractivity contribution in [1.29, 1.82) is 0 Å². The van der Waals surface area contributed by atoms with Crippen molar-refractivity contribution in [2.75, 3.05) is 6.54 Å². The van der Waals surface area contributed by atoms with E-state index in [0.717, 1.165) is 56.4 Å². The molecule has 1 fully saturated rings. The minimum absolute atomic E-state index is 0.204. The third-order valence-corrected chi connectivity index (χ3v) is 4.67. The summed E-state index contributed by atoms with van der Waals surface area (Å²) in [5.41, 5.74) is 0.558. The zero-order valence-corrected chi connectivity index (χ0v) is 13.8. The zero-order chi connectivity index (χ0) is 16.0. The second-order valence-corrected chi connectivity index (χ2v) is 6.30. The highest BCUT2D eigenvalue weighted by Gasteiger charge is 2.47. The summed E-state index contributed by atoms with van der Waals surface area (Å²) in [6.45, 7) is 10.3. The Balaban J connectivity index is 2.24. The number of amidine groups is 1. The van der Waals surface area contributed by atoms with Crippen molar-refractivity contribution in [3.63, 3.8) is 0 Å². The molecule has 1 aliphatic carbocycles. The Morgan fingerprint density at radius 2 is 2.05 bits per heavy atom. The van der Waals surface area contributed by atoms with E-state index in [0.29, 0.717) is 6.54 Å². The number of carbonyl (C=O) groups is 1. The monoisotopic (exact) mass is 300 g/mol. The molecule has 120 valence electrons. The van der Waals surface area contributed by atoms with Crippen LogP contribution in [-0.2, 0) is 4.79 Å². The molecule has 2 aliphatic rings. The summed E-state index contributed by atoms with van der Waals surface area (Å²) in [7, 11) is 0. The summed E-state index contributed by atoms with van der Waals surface area (Å²) < 4.78 is 0. The first-order valence-corrected chi connectivity index (χ1v) is 8.51. The van der Waals surface area contributed by atoms with Gasteiger partial charge in [0.05, 0.1) is 6.54 Å². The minimum atomic E-state index is -0.457. The number of carbonyl (C=O) groups excluding carboxylic acids is 1. The summed E-state index contributed by atoms with van der Waals surface area (Å²) in [4.78, 5) is 19.9. The molecular formula is C19H28N2O. The van der Waals surface area contributed by atoms with E-state index in [-0.39, 0.29) is 5.91 Å². The molecule has 0 aromatic heterocycles. The van der Waals surface area contributed by atoms with Gasteiger partial charge in [-0.1, -0.05) is 64.0 Å². The molecule has 0 saturated heterocycles. The van der Waals surface area contributed by atoms with Crippen LogP contribution in [0.15, 0.2) is 42.0 Å². The van der Waals surface area contributed by atoms with Crippen LogP contribution in [0.3, 0.4) is 0 Å². The molecule has 0 aromatic carbocycles. The van der Waals surface area contributed by atoms with E-state index in [9.17, 15) is 4.79 Å². The fraction of sp³-hybridized carbons (Fsp3) is 0.579. The quantitative estimate of drug-likeness (QED) is 0.641. The average molecular weight is 300 g/mol.